The molecular formula is C14H18N2O2S. The van der Waals surface area contributed by atoms with Gasteiger partial charge in [-0.3, -0.25) is 0 Å². The molecule has 1 aliphatic rings. The lowest BCUT2D eigenvalue weighted by Gasteiger charge is -2.44. The summed E-state index contributed by atoms with van der Waals surface area (Å²) in [7, 11) is 0. The van der Waals surface area contributed by atoms with Crippen LogP contribution in [0.2, 0.25) is 0 Å². The van der Waals surface area contributed by atoms with Gasteiger partial charge in [-0.1, -0.05) is 19.1 Å². The zero-order valence-corrected chi connectivity index (χ0v) is 11.7. The highest BCUT2D eigenvalue weighted by Gasteiger charge is 2.45. The Bertz CT molecular complexity index is 538. The highest BCUT2D eigenvalue weighted by Crippen LogP contribution is 2.41. The number of aliphatic hydroxyl groups is 1. The van der Waals surface area contributed by atoms with E-state index in [2.05, 4.69) is 17.2 Å². The molecule has 0 spiro atoms. The molecule has 4 nitrogen and oxygen atoms in total. The predicted molar refractivity (Wildman–Crippen MR) is 78.6 cm³/mol. The normalized spacial score (nSPS) is 26.3. The first-order valence-electron chi connectivity index (χ1n) is 6.65. The summed E-state index contributed by atoms with van der Waals surface area (Å²) in [5.41, 5.74) is 0.983. The average molecular weight is 278 g/mol. The van der Waals surface area contributed by atoms with E-state index in [0.29, 0.717) is 17.8 Å². The van der Waals surface area contributed by atoms with Gasteiger partial charge >= 0.3 is 0 Å². The number of hydrogen-bond donors (Lipinski definition) is 2. The van der Waals surface area contributed by atoms with E-state index < -0.39 is 5.60 Å². The van der Waals surface area contributed by atoms with Crippen molar-refractivity contribution < 1.29 is 9.52 Å². The molecule has 0 bridgehead atoms. The molecule has 102 valence electrons. The van der Waals surface area contributed by atoms with Crippen LogP contribution in [0.25, 0.3) is 11.1 Å². The van der Waals surface area contributed by atoms with E-state index >= 15 is 0 Å². The molecule has 1 saturated carbocycles. The van der Waals surface area contributed by atoms with Crippen molar-refractivity contribution in [3.05, 3.63) is 24.3 Å². The second kappa shape index (κ2) is 5.06. The lowest BCUT2D eigenvalue weighted by atomic mass is 9.79. The number of benzene rings is 1. The zero-order chi connectivity index (χ0) is 13.3. The summed E-state index contributed by atoms with van der Waals surface area (Å²) in [6.07, 6.45) is 1.93. The first kappa shape index (κ1) is 12.8. The fourth-order valence-corrected chi connectivity index (χ4v) is 3.61. The van der Waals surface area contributed by atoms with Crippen LogP contribution in [0, 0.1) is 0 Å². The smallest absolute Gasteiger partial charge is 0.295 e. The number of fused-ring (bicyclic) bond motifs is 1. The summed E-state index contributed by atoms with van der Waals surface area (Å²) in [5.74, 6) is 1.04. The number of nitrogens with zero attached hydrogens (tertiary/aromatic N) is 1. The Hall–Kier alpha value is -1.20. The number of anilines is 1. The molecule has 1 aromatic heterocycles. The molecule has 1 fully saturated rings. The van der Waals surface area contributed by atoms with Crippen molar-refractivity contribution in [2.45, 2.75) is 30.6 Å². The van der Waals surface area contributed by atoms with Crippen LogP contribution in [0.5, 0.6) is 0 Å². The number of para-hydroxylation sites is 2. The van der Waals surface area contributed by atoms with E-state index in [1.54, 1.807) is 0 Å². The molecule has 0 saturated heterocycles. The maximum absolute atomic E-state index is 10.5. The van der Waals surface area contributed by atoms with Crippen molar-refractivity contribution in [1.29, 1.82) is 0 Å². The third kappa shape index (κ3) is 2.44. The Morgan fingerprint density at radius 2 is 2.37 bits per heavy atom. The second-order valence-electron chi connectivity index (χ2n) is 4.93. The van der Waals surface area contributed by atoms with Gasteiger partial charge in [-0.05, 0) is 30.7 Å². The first-order chi connectivity index (χ1) is 9.21. The minimum Gasteiger partial charge on any atom is -0.424 e. The summed E-state index contributed by atoms with van der Waals surface area (Å²) >= 11 is 1.82. The van der Waals surface area contributed by atoms with E-state index in [9.17, 15) is 5.11 Å². The van der Waals surface area contributed by atoms with Crippen molar-refractivity contribution in [3.8, 4) is 0 Å². The van der Waals surface area contributed by atoms with Crippen LogP contribution in [0.15, 0.2) is 28.7 Å². The quantitative estimate of drug-likeness (QED) is 0.880. The highest BCUT2D eigenvalue weighted by atomic mass is 32.2. The molecule has 19 heavy (non-hydrogen) atoms. The molecule has 2 aromatic rings. The van der Waals surface area contributed by atoms with Crippen LogP contribution >= 0.6 is 11.8 Å². The maximum Gasteiger partial charge on any atom is 0.295 e. The van der Waals surface area contributed by atoms with Gasteiger partial charge in [0.05, 0.1) is 5.60 Å². The van der Waals surface area contributed by atoms with Crippen LogP contribution in [-0.4, -0.2) is 33.2 Å². The number of thioether (sulfide) groups is 1. The first-order valence-corrected chi connectivity index (χ1v) is 7.69. The number of nitrogens with one attached hydrogen (secondary N) is 1. The number of rotatable bonds is 5. The SMILES string of the molecule is CCSC1CCC1(O)CNc1nc2ccccc2o1. The summed E-state index contributed by atoms with van der Waals surface area (Å²) in [5, 5.41) is 13.9. The van der Waals surface area contributed by atoms with Gasteiger partial charge in [0.15, 0.2) is 5.58 Å². The lowest BCUT2D eigenvalue weighted by Crippen LogP contribution is -2.54. The molecule has 0 amide bonds. The zero-order valence-electron chi connectivity index (χ0n) is 10.9. The van der Waals surface area contributed by atoms with E-state index in [1.165, 1.54) is 0 Å². The molecular weight excluding hydrogens is 260 g/mol. The molecule has 1 aliphatic carbocycles. The number of oxazole rings is 1. The van der Waals surface area contributed by atoms with Gasteiger partial charge in [-0.2, -0.15) is 16.7 Å². The van der Waals surface area contributed by atoms with E-state index in [0.717, 1.165) is 29.7 Å². The van der Waals surface area contributed by atoms with Gasteiger partial charge in [-0.15, -0.1) is 0 Å². The van der Waals surface area contributed by atoms with Gasteiger partial charge in [0.25, 0.3) is 6.01 Å². The Morgan fingerprint density at radius 3 is 3.05 bits per heavy atom. The molecule has 3 rings (SSSR count). The number of hydrogen-bond acceptors (Lipinski definition) is 5. The monoisotopic (exact) mass is 278 g/mol. The molecule has 0 radical (unpaired) electrons. The molecule has 5 heteroatoms. The Balaban J connectivity index is 1.65. The summed E-state index contributed by atoms with van der Waals surface area (Å²) in [6, 6.07) is 8.15. The molecule has 0 aliphatic heterocycles. The fourth-order valence-electron chi connectivity index (χ4n) is 2.41. The Morgan fingerprint density at radius 1 is 1.53 bits per heavy atom. The van der Waals surface area contributed by atoms with Gasteiger partial charge in [0, 0.05) is 11.8 Å². The van der Waals surface area contributed by atoms with Gasteiger partial charge in [0.1, 0.15) is 5.52 Å². The minimum absolute atomic E-state index is 0.328. The minimum atomic E-state index is -0.624. The standard InChI is InChI=1S/C14H18N2O2S/c1-2-19-12-7-8-14(12,17)9-15-13-16-10-5-3-4-6-11(10)18-13/h3-6,12,17H,2,7-9H2,1H3,(H,15,16). The third-order valence-electron chi connectivity index (χ3n) is 3.65. The molecule has 1 aromatic carbocycles. The molecule has 2 unspecified atom stereocenters. The Kier molecular flexibility index (Phi) is 3.41. The molecule has 2 N–H and O–H groups in total. The van der Waals surface area contributed by atoms with Crippen LogP contribution in [-0.2, 0) is 0 Å². The predicted octanol–water partition coefficient (Wildman–Crippen LogP) is 2.89. The Labute approximate surface area is 116 Å². The summed E-state index contributed by atoms with van der Waals surface area (Å²) in [4.78, 5) is 4.35. The molecule has 1 heterocycles. The van der Waals surface area contributed by atoms with Crippen molar-refractivity contribution in [1.82, 2.24) is 4.98 Å². The third-order valence-corrected chi connectivity index (χ3v) is 5.06. The van der Waals surface area contributed by atoms with Crippen molar-refractivity contribution in [3.63, 3.8) is 0 Å². The van der Waals surface area contributed by atoms with Crippen molar-refractivity contribution in [2.75, 3.05) is 17.6 Å². The van der Waals surface area contributed by atoms with Gasteiger partial charge in [0.2, 0.25) is 0 Å². The van der Waals surface area contributed by atoms with E-state index in [4.69, 9.17) is 4.42 Å². The van der Waals surface area contributed by atoms with Gasteiger partial charge < -0.3 is 14.8 Å². The average Bonchev–Trinajstić information content (AvgIpc) is 2.83. The highest BCUT2D eigenvalue weighted by molar-refractivity contribution is 8.00. The van der Waals surface area contributed by atoms with Crippen molar-refractivity contribution >= 4 is 28.9 Å². The maximum atomic E-state index is 10.5. The van der Waals surface area contributed by atoms with Crippen LogP contribution in [0.4, 0.5) is 6.01 Å². The van der Waals surface area contributed by atoms with E-state index in [1.807, 2.05) is 36.0 Å². The van der Waals surface area contributed by atoms with E-state index in [-0.39, 0.29) is 0 Å². The summed E-state index contributed by atoms with van der Waals surface area (Å²) < 4.78 is 5.59. The number of aromatic nitrogens is 1. The van der Waals surface area contributed by atoms with Gasteiger partial charge in [-0.25, -0.2) is 0 Å². The molecule has 2 atom stereocenters. The van der Waals surface area contributed by atoms with Crippen molar-refractivity contribution in [2.24, 2.45) is 0 Å². The largest absolute Gasteiger partial charge is 0.424 e. The fraction of sp³-hybridized carbons (Fsp3) is 0.500. The van der Waals surface area contributed by atoms with Crippen LogP contribution in [0.3, 0.4) is 0 Å². The van der Waals surface area contributed by atoms with Crippen LogP contribution in [0.1, 0.15) is 19.8 Å². The lowest BCUT2D eigenvalue weighted by molar-refractivity contribution is -0.0123. The van der Waals surface area contributed by atoms with Crippen LogP contribution < -0.4 is 5.32 Å². The summed E-state index contributed by atoms with van der Waals surface area (Å²) in [6.45, 7) is 2.62. The second-order valence-corrected chi connectivity index (χ2v) is 6.41. The topological polar surface area (TPSA) is 58.3 Å².